The quantitative estimate of drug-likeness (QED) is 0.583. The normalized spacial score (nSPS) is 29.7. The Kier molecular flexibility index (Phi) is 4.26. The van der Waals surface area contributed by atoms with E-state index in [1.54, 1.807) is 0 Å². The molecule has 0 bridgehead atoms. The number of carbonyl (C=O) groups excluding carboxylic acids is 1. The molecule has 1 amide bonds. The van der Waals surface area contributed by atoms with Gasteiger partial charge >= 0.3 is 0 Å². The van der Waals surface area contributed by atoms with Crippen LogP contribution < -0.4 is 14.2 Å². The molecule has 5 atom stereocenters. The van der Waals surface area contributed by atoms with Crippen LogP contribution in [0, 0.1) is 5.92 Å². The zero-order chi connectivity index (χ0) is 22.9. The molecule has 2 fully saturated rings. The van der Waals surface area contributed by atoms with E-state index in [-0.39, 0.29) is 24.0 Å². The summed E-state index contributed by atoms with van der Waals surface area (Å²) in [6, 6.07) is 24.9. The molecule has 2 heterocycles. The number of para-hydroxylation sites is 2. The number of hydrogen-bond acceptors (Lipinski definition) is 4. The van der Waals surface area contributed by atoms with Crippen LogP contribution in [0.15, 0.2) is 72.8 Å². The van der Waals surface area contributed by atoms with Crippen LogP contribution in [0.2, 0.25) is 0 Å². The third kappa shape index (κ3) is 2.82. The van der Waals surface area contributed by atoms with Crippen molar-refractivity contribution in [2.45, 2.75) is 50.0 Å². The van der Waals surface area contributed by atoms with E-state index in [2.05, 4.69) is 42.2 Å². The summed E-state index contributed by atoms with van der Waals surface area (Å²) in [4.78, 5) is 15.6. The van der Waals surface area contributed by atoms with E-state index in [9.17, 15) is 4.79 Å². The molecular weight excluding hydrogens is 426 g/mol. The number of ether oxygens (including phenoxy) is 3. The first kappa shape index (κ1) is 20.0. The molecule has 0 spiro atoms. The molecule has 0 N–H and O–H groups in total. The van der Waals surface area contributed by atoms with Crippen LogP contribution in [0.1, 0.15) is 30.0 Å². The number of benzene rings is 3. The fourth-order valence-corrected chi connectivity index (χ4v) is 6.70. The standard InChI is InChI=1S/C29H27NO4/c1-29-15-23-27(29)22(30(23)28(31)26-17-33-24-9-5-6-10-25(24)34-26)13-19-11-12-20(14-21(19)29)32-16-18-7-3-2-4-8-18/h2-12,14,22-23,26-27H,13,15-17H2,1H3/t22-,23?,26+,27-,29+/m1/s1. The molecule has 4 aliphatic rings. The Morgan fingerprint density at radius 3 is 2.68 bits per heavy atom. The van der Waals surface area contributed by atoms with Gasteiger partial charge in [0.15, 0.2) is 11.5 Å². The number of nitrogens with zero attached hydrogens (tertiary/aromatic N) is 1. The summed E-state index contributed by atoms with van der Waals surface area (Å²) in [5.74, 6) is 2.85. The molecule has 0 aromatic heterocycles. The average Bonchev–Trinajstić information content (AvgIpc) is 2.86. The summed E-state index contributed by atoms with van der Waals surface area (Å²) in [5.41, 5.74) is 3.99. The Labute approximate surface area is 199 Å². The maximum absolute atomic E-state index is 13.5. The van der Waals surface area contributed by atoms with Crippen molar-refractivity contribution >= 4 is 5.91 Å². The Hall–Kier alpha value is -3.47. The Bertz CT molecular complexity index is 1270. The van der Waals surface area contributed by atoms with Crippen LogP contribution in [-0.2, 0) is 23.2 Å². The summed E-state index contributed by atoms with van der Waals surface area (Å²) in [5, 5.41) is 0. The molecule has 5 heteroatoms. The smallest absolute Gasteiger partial charge is 0.267 e. The van der Waals surface area contributed by atoms with Crippen LogP contribution in [0.3, 0.4) is 0 Å². The maximum Gasteiger partial charge on any atom is 0.267 e. The first-order valence-electron chi connectivity index (χ1n) is 12.1. The second-order valence-corrected chi connectivity index (χ2v) is 10.2. The van der Waals surface area contributed by atoms with Gasteiger partial charge in [0.1, 0.15) is 19.0 Å². The largest absolute Gasteiger partial charge is 0.489 e. The Balaban J connectivity index is 1.09. The van der Waals surface area contributed by atoms with E-state index >= 15 is 0 Å². The topological polar surface area (TPSA) is 48.0 Å². The van der Waals surface area contributed by atoms with E-state index in [4.69, 9.17) is 14.2 Å². The first-order valence-corrected chi connectivity index (χ1v) is 12.1. The zero-order valence-electron chi connectivity index (χ0n) is 19.1. The van der Waals surface area contributed by atoms with Gasteiger partial charge in [0.25, 0.3) is 5.91 Å². The summed E-state index contributed by atoms with van der Waals surface area (Å²) < 4.78 is 18.0. The van der Waals surface area contributed by atoms with Crippen LogP contribution in [0.5, 0.6) is 17.2 Å². The maximum atomic E-state index is 13.5. The third-order valence-electron chi connectivity index (χ3n) is 8.33. The van der Waals surface area contributed by atoms with Gasteiger partial charge in [0.05, 0.1) is 0 Å². The van der Waals surface area contributed by atoms with Gasteiger partial charge in [0, 0.05) is 23.4 Å². The summed E-state index contributed by atoms with van der Waals surface area (Å²) >= 11 is 0. The Morgan fingerprint density at radius 1 is 1.03 bits per heavy atom. The van der Waals surface area contributed by atoms with Gasteiger partial charge in [-0.1, -0.05) is 55.5 Å². The molecule has 2 aliphatic heterocycles. The van der Waals surface area contributed by atoms with E-state index in [1.165, 1.54) is 16.7 Å². The van der Waals surface area contributed by atoms with E-state index in [1.807, 2.05) is 42.5 Å². The van der Waals surface area contributed by atoms with Gasteiger partial charge in [-0.2, -0.15) is 0 Å². The number of hydrogen-bond donors (Lipinski definition) is 0. The monoisotopic (exact) mass is 453 g/mol. The van der Waals surface area contributed by atoms with Crippen molar-refractivity contribution in [2.24, 2.45) is 5.92 Å². The van der Waals surface area contributed by atoms with Gasteiger partial charge in [-0.25, -0.2) is 0 Å². The SMILES string of the molecule is C[C@@]12CC3[C@H]1[C@@H](Cc1ccc(OCc4ccccc4)cc12)N3C(=O)[C@@H]1COc2ccccc2O1. The fraction of sp³-hybridized carbons (Fsp3) is 0.345. The Morgan fingerprint density at radius 2 is 1.82 bits per heavy atom. The van der Waals surface area contributed by atoms with Crippen molar-refractivity contribution in [3.63, 3.8) is 0 Å². The molecule has 3 aromatic carbocycles. The number of carbonyl (C=O) groups is 1. The molecule has 1 unspecified atom stereocenters. The van der Waals surface area contributed by atoms with Gasteiger partial charge in [-0.3, -0.25) is 4.79 Å². The fourth-order valence-electron chi connectivity index (χ4n) is 6.70. The van der Waals surface area contributed by atoms with Gasteiger partial charge < -0.3 is 19.1 Å². The second-order valence-electron chi connectivity index (χ2n) is 10.2. The van der Waals surface area contributed by atoms with Crippen molar-refractivity contribution in [3.05, 3.63) is 89.5 Å². The third-order valence-corrected chi connectivity index (χ3v) is 8.33. The molecule has 1 saturated carbocycles. The highest BCUT2D eigenvalue weighted by molar-refractivity contribution is 5.84. The van der Waals surface area contributed by atoms with Crippen molar-refractivity contribution in [1.82, 2.24) is 4.90 Å². The van der Waals surface area contributed by atoms with Gasteiger partial charge in [-0.05, 0) is 53.8 Å². The molecule has 172 valence electrons. The van der Waals surface area contributed by atoms with Crippen molar-refractivity contribution in [2.75, 3.05) is 6.61 Å². The molecule has 3 aromatic rings. The van der Waals surface area contributed by atoms with E-state index in [0.717, 1.165) is 18.6 Å². The molecule has 1 saturated heterocycles. The first-order chi connectivity index (χ1) is 16.6. The second kappa shape index (κ2) is 7.26. The lowest BCUT2D eigenvalue weighted by molar-refractivity contribution is -0.201. The van der Waals surface area contributed by atoms with Gasteiger partial charge in [-0.15, -0.1) is 0 Å². The number of piperidine rings is 1. The summed E-state index contributed by atoms with van der Waals surface area (Å²) in [7, 11) is 0. The van der Waals surface area contributed by atoms with Crippen LogP contribution in [0.25, 0.3) is 0 Å². The lowest BCUT2D eigenvalue weighted by Gasteiger charge is -2.73. The highest BCUT2D eigenvalue weighted by Crippen LogP contribution is 2.64. The number of rotatable bonds is 4. The van der Waals surface area contributed by atoms with E-state index < -0.39 is 6.10 Å². The minimum Gasteiger partial charge on any atom is -0.489 e. The number of fused-ring (bicyclic) bond motifs is 3. The van der Waals surface area contributed by atoms with Crippen molar-refractivity contribution < 1.29 is 19.0 Å². The summed E-state index contributed by atoms with van der Waals surface area (Å²) in [6.07, 6.45) is 1.30. The highest BCUT2D eigenvalue weighted by Gasteiger charge is 2.69. The molecule has 2 aliphatic carbocycles. The molecule has 34 heavy (non-hydrogen) atoms. The van der Waals surface area contributed by atoms with E-state index in [0.29, 0.717) is 30.1 Å². The van der Waals surface area contributed by atoms with Crippen LogP contribution >= 0.6 is 0 Å². The highest BCUT2D eigenvalue weighted by atomic mass is 16.6. The number of amides is 1. The molecular formula is C29H27NO4. The molecule has 7 rings (SSSR count). The zero-order valence-corrected chi connectivity index (χ0v) is 19.1. The minimum absolute atomic E-state index is 0.0640. The van der Waals surface area contributed by atoms with Crippen molar-refractivity contribution in [3.8, 4) is 17.2 Å². The van der Waals surface area contributed by atoms with Crippen molar-refractivity contribution in [1.29, 1.82) is 0 Å². The predicted molar refractivity (Wildman–Crippen MR) is 127 cm³/mol. The average molecular weight is 454 g/mol. The predicted octanol–water partition coefficient (Wildman–Crippen LogP) is 4.52. The molecule has 5 nitrogen and oxygen atoms in total. The summed E-state index contributed by atoms with van der Waals surface area (Å²) in [6.45, 7) is 3.20. The number of likely N-dealkylation sites (tertiary alicyclic amines) is 1. The lowest BCUT2D eigenvalue weighted by atomic mass is 9.43. The van der Waals surface area contributed by atoms with Crippen LogP contribution in [-0.4, -0.2) is 35.6 Å². The minimum atomic E-state index is -0.571. The lowest BCUT2D eigenvalue weighted by Crippen LogP contribution is -2.81. The van der Waals surface area contributed by atoms with Gasteiger partial charge in [0.2, 0.25) is 6.10 Å². The molecule has 0 radical (unpaired) electrons. The van der Waals surface area contributed by atoms with Crippen LogP contribution in [0.4, 0.5) is 0 Å².